The SMILES string of the molecule is CC(=O)N(C)Cc1cc2ncn(-c3ccc(OC4CC5CC[C@@H](C4)N5C)cc3)c(=O)c2s1. The molecule has 2 unspecified atom stereocenters. The Morgan fingerprint density at radius 1 is 1.22 bits per heavy atom. The van der Waals surface area contributed by atoms with Crippen LogP contribution in [0.15, 0.2) is 41.5 Å². The van der Waals surface area contributed by atoms with Crippen molar-refractivity contribution in [3.05, 3.63) is 51.9 Å². The topological polar surface area (TPSA) is 67.7 Å². The number of ether oxygens (including phenoxy) is 1. The van der Waals surface area contributed by atoms with Gasteiger partial charge in [0.05, 0.1) is 17.7 Å². The molecule has 7 nitrogen and oxygen atoms in total. The van der Waals surface area contributed by atoms with E-state index < -0.39 is 0 Å². The van der Waals surface area contributed by atoms with Crippen molar-refractivity contribution in [2.75, 3.05) is 14.1 Å². The van der Waals surface area contributed by atoms with E-state index in [1.165, 1.54) is 31.1 Å². The zero-order valence-corrected chi connectivity index (χ0v) is 19.5. The molecule has 2 aliphatic rings. The van der Waals surface area contributed by atoms with Crippen molar-refractivity contribution in [3.63, 3.8) is 0 Å². The average molecular weight is 453 g/mol. The number of hydrogen-bond donors (Lipinski definition) is 0. The van der Waals surface area contributed by atoms with Crippen LogP contribution in [0.25, 0.3) is 15.9 Å². The Hall–Kier alpha value is -2.71. The van der Waals surface area contributed by atoms with Crippen LogP contribution in [0.2, 0.25) is 0 Å². The number of benzene rings is 1. The predicted molar refractivity (Wildman–Crippen MR) is 126 cm³/mol. The molecule has 1 amide bonds. The molecule has 8 heteroatoms. The summed E-state index contributed by atoms with van der Waals surface area (Å²) in [5, 5.41) is 0. The van der Waals surface area contributed by atoms with E-state index in [0.29, 0.717) is 28.8 Å². The molecule has 168 valence electrons. The van der Waals surface area contributed by atoms with Gasteiger partial charge in [0.15, 0.2) is 0 Å². The molecule has 0 radical (unpaired) electrons. The summed E-state index contributed by atoms with van der Waals surface area (Å²) in [6.45, 7) is 2.00. The number of amides is 1. The third kappa shape index (κ3) is 3.93. The molecule has 2 aliphatic heterocycles. The van der Waals surface area contributed by atoms with Crippen molar-refractivity contribution in [1.29, 1.82) is 0 Å². The molecule has 1 aromatic carbocycles. The number of aromatic nitrogens is 2. The highest BCUT2D eigenvalue weighted by Crippen LogP contribution is 2.36. The normalized spacial score (nSPS) is 22.9. The van der Waals surface area contributed by atoms with E-state index in [9.17, 15) is 9.59 Å². The molecule has 32 heavy (non-hydrogen) atoms. The first-order valence-corrected chi connectivity index (χ1v) is 11.9. The highest BCUT2D eigenvalue weighted by molar-refractivity contribution is 7.18. The first kappa shape index (κ1) is 21.2. The molecule has 3 aromatic rings. The van der Waals surface area contributed by atoms with Gasteiger partial charge in [-0.05, 0) is 63.1 Å². The standard InChI is InChI=1S/C24H28N4O3S/c1-15(29)26(2)13-21-12-22-23(32-21)24(30)28(14-25-22)16-6-8-19(9-7-16)31-20-10-17-4-5-18(11-20)27(17)3/h6-9,12,14,17-18,20H,4-5,10-11,13H2,1-3H3/t17-,18?,20?/m0/s1. The van der Waals surface area contributed by atoms with Crippen LogP contribution in [0.4, 0.5) is 0 Å². The maximum atomic E-state index is 13.1. The van der Waals surface area contributed by atoms with Gasteiger partial charge in [-0.3, -0.25) is 14.2 Å². The van der Waals surface area contributed by atoms with Crippen molar-refractivity contribution < 1.29 is 9.53 Å². The molecule has 0 aliphatic carbocycles. The lowest BCUT2D eigenvalue weighted by molar-refractivity contribution is -0.128. The van der Waals surface area contributed by atoms with E-state index in [-0.39, 0.29) is 17.6 Å². The van der Waals surface area contributed by atoms with E-state index in [1.807, 2.05) is 30.3 Å². The summed E-state index contributed by atoms with van der Waals surface area (Å²) in [7, 11) is 3.98. The van der Waals surface area contributed by atoms with E-state index in [4.69, 9.17) is 4.74 Å². The van der Waals surface area contributed by atoms with Gasteiger partial charge in [-0.1, -0.05) is 0 Å². The van der Waals surface area contributed by atoms with E-state index in [1.54, 1.807) is 22.8 Å². The minimum atomic E-state index is -0.0997. The monoisotopic (exact) mass is 452 g/mol. The smallest absolute Gasteiger partial charge is 0.275 e. The Balaban J connectivity index is 1.33. The van der Waals surface area contributed by atoms with Gasteiger partial charge in [-0.2, -0.15) is 0 Å². The largest absolute Gasteiger partial charge is 0.490 e. The van der Waals surface area contributed by atoms with Gasteiger partial charge in [-0.15, -0.1) is 11.3 Å². The summed E-state index contributed by atoms with van der Waals surface area (Å²) in [5.41, 5.74) is 1.33. The van der Waals surface area contributed by atoms with Gasteiger partial charge in [0.25, 0.3) is 5.56 Å². The molecule has 0 spiro atoms. The number of thiophene rings is 1. The fourth-order valence-electron chi connectivity index (χ4n) is 4.90. The van der Waals surface area contributed by atoms with Crippen LogP contribution < -0.4 is 10.3 Å². The maximum absolute atomic E-state index is 13.1. The summed E-state index contributed by atoms with van der Waals surface area (Å²) in [5.74, 6) is 0.832. The number of nitrogens with zero attached hydrogens (tertiary/aromatic N) is 4. The van der Waals surface area contributed by atoms with Crippen LogP contribution >= 0.6 is 11.3 Å². The van der Waals surface area contributed by atoms with Gasteiger partial charge in [0.2, 0.25) is 5.91 Å². The number of carbonyl (C=O) groups excluding carboxylic acids is 1. The third-order valence-corrected chi connectivity index (χ3v) is 7.99. The zero-order valence-electron chi connectivity index (χ0n) is 18.7. The number of hydrogen-bond acceptors (Lipinski definition) is 6. The number of piperidine rings is 1. The molecule has 2 saturated heterocycles. The predicted octanol–water partition coefficient (Wildman–Crippen LogP) is 3.43. The van der Waals surface area contributed by atoms with Crippen molar-refractivity contribution in [1.82, 2.24) is 19.4 Å². The molecule has 0 saturated carbocycles. The maximum Gasteiger partial charge on any atom is 0.275 e. The van der Waals surface area contributed by atoms with Crippen LogP contribution in [-0.4, -0.2) is 57.5 Å². The molecular weight excluding hydrogens is 424 g/mol. The average Bonchev–Trinajstić information content (AvgIpc) is 3.25. The highest BCUT2D eigenvalue weighted by Gasteiger charge is 2.39. The van der Waals surface area contributed by atoms with Crippen LogP contribution in [0.5, 0.6) is 5.75 Å². The molecule has 5 rings (SSSR count). The lowest BCUT2D eigenvalue weighted by atomic mass is 10.0. The minimum Gasteiger partial charge on any atom is -0.490 e. The van der Waals surface area contributed by atoms with E-state index in [2.05, 4.69) is 16.9 Å². The van der Waals surface area contributed by atoms with Gasteiger partial charge in [-0.25, -0.2) is 4.98 Å². The second kappa shape index (κ2) is 8.33. The fourth-order valence-corrected chi connectivity index (χ4v) is 6.00. The van der Waals surface area contributed by atoms with Crippen LogP contribution in [0, 0.1) is 0 Å². The van der Waals surface area contributed by atoms with Gasteiger partial charge >= 0.3 is 0 Å². The number of rotatable bonds is 5. The summed E-state index contributed by atoms with van der Waals surface area (Å²) >= 11 is 1.39. The molecule has 3 atom stereocenters. The molecular formula is C24H28N4O3S. The summed E-state index contributed by atoms with van der Waals surface area (Å²) in [6.07, 6.45) is 6.53. The van der Waals surface area contributed by atoms with Crippen molar-refractivity contribution >= 4 is 27.5 Å². The Morgan fingerprint density at radius 2 is 1.91 bits per heavy atom. The van der Waals surface area contributed by atoms with Gasteiger partial charge in [0.1, 0.15) is 22.9 Å². The minimum absolute atomic E-state index is 0.0111. The molecule has 2 fully saturated rings. The number of fused-ring (bicyclic) bond motifs is 3. The lowest BCUT2D eigenvalue weighted by Gasteiger charge is -2.36. The van der Waals surface area contributed by atoms with E-state index >= 15 is 0 Å². The Bertz CT molecular complexity index is 1190. The molecule has 2 bridgehead atoms. The van der Waals surface area contributed by atoms with Crippen LogP contribution in [0.1, 0.15) is 37.5 Å². The van der Waals surface area contributed by atoms with Gasteiger partial charge < -0.3 is 14.5 Å². The first-order chi connectivity index (χ1) is 15.4. The van der Waals surface area contributed by atoms with Crippen molar-refractivity contribution in [3.8, 4) is 11.4 Å². The number of carbonyl (C=O) groups is 1. The fraction of sp³-hybridized carbons (Fsp3) is 0.458. The summed E-state index contributed by atoms with van der Waals surface area (Å²) in [6, 6.07) is 10.9. The Morgan fingerprint density at radius 3 is 2.56 bits per heavy atom. The highest BCUT2D eigenvalue weighted by atomic mass is 32.1. The molecule has 0 N–H and O–H groups in total. The second-order valence-corrected chi connectivity index (χ2v) is 10.1. The van der Waals surface area contributed by atoms with E-state index in [0.717, 1.165) is 29.2 Å². The molecule has 4 heterocycles. The third-order valence-electron chi connectivity index (χ3n) is 6.89. The van der Waals surface area contributed by atoms with Crippen molar-refractivity contribution in [2.24, 2.45) is 0 Å². The summed E-state index contributed by atoms with van der Waals surface area (Å²) < 4.78 is 8.44. The quantitative estimate of drug-likeness (QED) is 0.593. The molecule has 2 aromatic heterocycles. The van der Waals surface area contributed by atoms with Gasteiger partial charge in [0, 0.05) is 30.9 Å². The second-order valence-electron chi connectivity index (χ2n) is 8.98. The Kier molecular flexibility index (Phi) is 5.51. The Labute approximate surface area is 191 Å². The van der Waals surface area contributed by atoms with Crippen molar-refractivity contribution in [2.45, 2.75) is 57.3 Å². The first-order valence-electron chi connectivity index (χ1n) is 11.1. The van der Waals surface area contributed by atoms with Crippen LogP contribution in [-0.2, 0) is 11.3 Å². The lowest BCUT2D eigenvalue weighted by Crippen LogP contribution is -2.43. The zero-order chi connectivity index (χ0) is 22.4. The summed E-state index contributed by atoms with van der Waals surface area (Å²) in [4.78, 5) is 34.1. The van der Waals surface area contributed by atoms with Crippen LogP contribution in [0.3, 0.4) is 0 Å².